The zero-order valence-corrected chi connectivity index (χ0v) is 10.5. The van der Waals surface area contributed by atoms with Gasteiger partial charge in [-0.3, -0.25) is 9.59 Å². The highest BCUT2D eigenvalue weighted by Gasteiger charge is 2.39. The molecular weight excluding hydrogens is 254 g/mol. The summed E-state index contributed by atoms with van der Waals surface area (Å²) in [5.74, 6) is -2.31. The highest BCUT2D eigenvalue weighted by molar-refractivity contribution is 6.39. The molecular formula is C11H15ClF2O3. The lowest BCUT2D eigenvalue weighted by molar-refractivity contribution is -0.131. The second-order valence-electron chi connectivity index (χ2n) is 3.28. The molecule has 0 aromatic carbocycles. The van der Waals surface area contributed by atoms with E-state index in [-0.39, 0.29) is 13.0 Å². The van der Waals surface area contributed by atoms with Crippen molar-refractivity contribution in [2.75, 3.05) is 13.2 Å². The van der Waals surface area contributed by atoms with E-state index in [1.165, 1.54) is 0 Å². The van der Waals surface area contributed by atoms with Crippen LogP contribution in [0.4, 0.5) is 8.78 Å². The van der Waals surface area contributed by atoms with Crippen LogP contribution in [-0.2, 0) is 14.3 Å². The Labute approximate surface area is 104 Å². The van der Waals surface area contributed by atoms with Crippen LogP contribution in [0.15, 0.2) is 11.6 Å². The van der Waals surface area contributed by atoms with Gasteiger partial charge in [-0.15, -0.1) is 0 Å². The molecule has 0 spiro atoms. The first-order valence-electron chi connectivity index (χ1n) is 5.27. The van der Waals surface area contributed by atoms with Crippen molar-refractivity contribution in [1.29, 1.82) is 0 Å². The zero-order valence-electron chi connectivity index (χ0n) is 9.76. The Morgan fingerprint density at radius 3 is 2.35 bits per heavy atom. The first-order valence-corrected chi connectivity index (χ1v) is 5.65. The molecule has 0 amide bonds. The third-order valence-corrected chi connectivity index (χ3v) is 2.06. The van der Waals surface area contributed by atoms with Crippen LogP contribution >= 0.6 is 11.6 Å². The quantitative estimate of drug-likeness (QED) is 0.223. The average molecular weight is 269 g/mol. The van der Waals surface area contributed by atoms with E-state index in [4.69, 9.17) is 4.74 Å². The highest BCUT2D eigenvalue weighted by Crippen LogP contribution is 2.25. The second-order valence-corrected chi connectivity index (χ2v) is 3.75. The van der Waals surface area contributed by atoms with E-state index in [0.29, 0.717) is 13.0 Å². The van der Waals surface area contributed by atoms with Crippen molar-refractivity contribution in [3.63, 3.8) is 0 Å². The van der Waals surface area contributed by atoms with E-state index in [9.17, 15) is 18.4 Å². The van der Waals surface area contributed by atoms with Gasteiger partial charge in [0.1, 0.15) is 0 Å². The number of ketones is 2. The number of carbonyl (C=O) groups excluding carboxylic acids is 2. The number of halogens is 3. The molecule has 0 saturated heterocycles. The fourth-order valence-corrected chi connectivity index (χ4v) is 1.21. The molecule has 0 rings (SSSR count). The molecule has 0 aliphatic carbocycles. The van der Waals surface area contributed by atoms with Gasteiger partial charge in [-0.25, -0.2) is 0 Å². The van der Waals surface area contributed by atoms with Crippen LogP contribution in [0.3, 0.4) is 0 Å². The lowest BCUT2D eigenvalue weighted by atomic mass is 10.0. The van der Waals surface area contributed by atoms with Gasteiger partial charge in [-0.2, -0.15) is 8.78 Å². The molecule has 0 aromatic rings. The van der Waals surface area contributed by atoms with Crippen molar-refractivity contribution < 1.29 is 23.1 Å². The number of Topliss-reactive ketones (excluding diaryl/α,β-unsaturated/α-hetero) is 2. The number of alkyl halides is 3. The molecule has 0 aliphatic heterocycles. The van der Waals surface area contributed by atoms with Crippen LogP contribution in [0.5, 0.6) is 0 Å². The third kappa shape index (κ3) is 5.89. The molecule has 6 heteroatoms. The van der Waals surface area contributed by atoms with Gasteiger partial charge in [0.25, 0.3) is 5.78 Å². The van der Waals surface area contributed by atoms with Crippen LogP contribution in [0.2, 0.25) is 0 Å². The fraction of sp³-hybridized carbons (Fsp3) is 0.636. The topological polar surface area (TPSA) is 43.4 Å². The molecule has 0 atom stereocenters. The minimum Gasteiger partial charge on any atom is -0.378 e. The Kier molecular flexibility index (Phi) is 7.15. The number of carbonyl (C=O) groups is 2. The van der Waals surface area contributed by atoms with Crippen molar-refractivity contribution in [1.82, 2.24) is 0 Å². The Balaban J connectivity index is 4.91. The largest absolute Gasteiger partial charge is 0.385 e. The second kappa shape index (κ2) is 7.50. The van der Waals surface area contributed by atoms with Gasteiger partial charge in [-0.1, -0.05) is 6.92 Å². The van der Waals surface area contributed by atoms with Crippen molar-refractivity contribution in [3.8, 4) is 0 Å². The van der Waals surface area contributed by atoms with Crippen LogP contribution in [-0.4, -0.2) is 30.2 Å². The summed E-state index contributed by atoms with van der Waals surface area (Å²) in [4.78, 5) is 22.7. The summed E-state index contributed by atoms with van der Waals surface area (Å²) in [5.41, 5.74) is -0.583. The van der Waals surface area contributed by atoms with Crippen LogP contribution in [0, 0.1) is 0 Å². The van der Waals surface area contributed by atoms with Gasteiger partial charge in [0, 0.05) is 13.0 Å². The fourth-order valence-electron chi connectivity index (χ4n) is 1.11. The Morgan fingerprint density at radius 1 is 1.35 bits per heavy atom. The van der Waals surface area contributed by atoms with Crippen molar-refractivity contribution >= 4 is 23.2 Å². The molecule has 3 nitrogen and oxygen atoms in total. The molecule has 0 fully saturated rings. The maximum Gasteiger partial charge on any atom is 0.385 e. The summed E-state index contributed by atoms with van der Waals surface area (Å²) < 4.78 is 30.2. The third-order valence-electron chi connectivity index (χ3n) is 1.89. The molecule has 0 aliphatic rings. The van der Waals surface area contributed by atoms with Crippen molar-refractivity contribution in [2.45, 2.75) is 32.1 Å². The molecule has 0 heterocycles. The SMILES string of the molecule is CCCC(=O)C(=CCOCC)C(=O)C(F)(F)Cl. The van der Waals surface area contributed by atoms with E-state index in [0.717, 1.165) is 6.08 Å². The summed E-state index contributed by atoms with van der Waals surface area (Å²) in [6.07, 6.45) is 1.54. The monoisotopic (exact) mass is 268 g/mol. The number of hydrogen-bond acceptors (Lipinski definition) is 3. The van der Waals surface area contributed by atoms with Crippen molar-refractivity contribution in [3.05, 3.63) is 11.6 Å². The molecule has 0 N–H and O–H groups in total. The standard InChI is InChI=1S/C11H15ClF2O3/c1-3-5-9(15)8(6-7-17-4-2)10(16)11(12,13)14/h6H,3-5,7H2,1-2H3. The lowest BCUT2D eigenvalue weighted by Crippen LogP contribution is -2.27. The zero-order chi connectivity index (χ0) is 13.5. The maximum atomic E-state index is 12.7. The predicted molar refractivity (Wildman–Crippen MR) is 60.3 cm³/mol. The van der Waals surface area contributed by atoms with Gasteiger partial charge in [0.15, 0.2) is 5.78 Å². The average Bonchev–Trinajstić information content (AvgIpc) is 2.22. The summed E-state index contributed by atoms with van der Waals surface area (Å²) in [6.45, 7) is 3.71. The number of hydrogen-bond donors (Lipinski definition) is 0. The first kappa shape index (κ1) is 16.2. The molecule has 0 unspecified atom stereocenters. The van der Waals surface area contributed by atoms with Crippen LogP contribution in [0.25, 0.3) is 0 Å². The maximum absolute atomic E-state index is 12.7. The summed E-state index contributed by atoms with van der Waals surface area (Å²) >= 11 is 4.62. The molecule has 0 radical (unpaired) electrons. The molecule has 0 bridgehead atoms. The van der Waals surface area contributed by atoms with Gasteiger partial charge >= 0.3 is 5.38 Å². The number of allylic oxidation sites excluding steroid dienone is 1. The Bertz CT molecular complexity index is 308. The van der Waals surface area contributed by atoms with Crippen LogP contribution < -0.4 is 0 Å². The minimum absolute atomic E-state index is 0.0245. The summed E-state index contributed by atoms with van der Waals surface area (Å²) in [6, 6.07) is 0. The van der Waals surface area contributed by atoms with E-state index in [1.807, 2.05) is 0 Å². The lowest BCUT2D eigenvalue weighted by Gasteiger charge is -2.09. The molecule has 0 saturated carbocycles. The normalized spacial score (nSPS) is 12.6. The van der Waals surface area contributed by atoms with Gasteiger partial charge in [0.05, 0.1) is 12.2 Å². The summed E-state index contributed by atoms with van der Waals surface area (Å²) in [7, 11) is 0. The predicted octanol–water partition coefficient (Wildman–Crippen LogP) is 2.72. The smallest absolute Gasteiger partial charge is 0.378 e. The molecule has 0 aromatic heterocycles. The number of ether oxygens (including phenoxy) is 1. The van der Waals surface area contributed by atoms with Gasteiger partial charge in [-0.05, 0) is 31.0 Å². The highest BCUT2D eigenvalue weighted by atomic mass is 35.5. The molecule has 17 heavy (non-hydrogen) atoms. The van der Waals surface area contributed by atoms with Gasteiger partial charge in [0.2, 0.25) is 0 Å². The summed E-state index contributed by atoms with van der Waals surface area (Å²) in [5, 5.41) is -4.05. The van der Waals surface area contributed by atoms with Gasteiger partial charge < -0.3 is 4.74 Å². The van der Waals surface area contributed by atoms with E-state index >= 15 is 0 Å². The Hall–Kier alpha value is -0.810. The van der Waals surface area contributed by atoms with E-state index in [1.54, 1.807) is 13.8 Å². The van der Waals surface area contributed by atoms with E-state index < -0.39 is 22.5 Å². The minimum atomic E-state index is -4.05. The van der Waals surface area contributed by atoms with E-state index in [2.05, 4.69) is 11.6 Å². The molecule has 98 valence electrons. The van der Waals surface area contributed by atoms with Crippen LogP contribution in [0.1, 0.15) is 26.7 Å². The Morgan fingerprint density at radius 2 is 1.94 bits per heavy atom. The van der Waals surface area contributed by atoms with Crippen molar-refractivity contribution in [2.24, 2.45) is 0 Å². The first-order chi connectivity index (χ1) is 7.84. The number of rotatable bonds is 8.